The molecule has 0 aliphatic heterocycles. The molecule has 7 heteroatoms. The topological polar surface area (TPSA) is 85.1 Å². The number of hydrogen-bond donors (Lipinski definition) is 1. The van der Waals surface area contributed by atoms with E-state index in [1.807, 2.05) is 19.1 Å². The fourth-order valence-corrected chi connectivity index (χ4v) is 3.79. The number of aromatic nitrogens is 2. The van der Waals surface area contributed by atoms with E-state index >= 15 is 0 Å². The first-order valence-corrected chi connectivity index (χ1v) is 9.40. The van der Waals surface area contributed by atoms with E-state index in [9.17, 15) is 8.42 Å². The van der Waals surface area contributed by atoms with Crippen molar-refractivity contribution < 1.29 is 12.9 Å². The molecule has 1 N–H and O–H groups in total. The lowest BCUT2D eigenvalue weighted by Gasteiger charge is -2.11. The van der Waals surface area contributed by atoms with E-state index in [0.29, 0.717) is 28.5 Å². The van der Waals surface area contributed by atoms with Crippen molar-refractivity contribution in [3.05, 3.63) is 59.5 Å². The zero-order valence-corrected chi connectivity index (χ0v) is 15.1. The van der Waals surface area contributed by atoms with Gasteiger partial charge >= 0.3 is 0 Å². The molecular formula is C18H19N3O3S. The molecule has 0 aliphatic carbocycles. The van der Waals surface area contributed by atoms with Crippen LogP contribution in [0, 0.1) is 13.8 Å². The first-order chi connectivity index (χ1) is 11.9. The third kappa shape index (κ3) is 3.71. The van der Waals surface area contributed by atoms with Gasteiger partial charge in [0.15, 0.2) is 0 Å². The molecule has 0 bridgehead atoms. The van der Waals surface area contributed by atoms with Crippen molar-refractivity contribution in [3.8, 4) is 11.4 Å². The van der Waals surface area contributed by atoms with Gasteiger partial charge in [-0.25, -0.2) is 8.42 Å². The maximum atomic E-state index is 12.8. The molecule has 130 valence electrons. The maximum absolute atomic E-state index is 12.8. The summed E-state index contributed by atoms with van der Waals surface area (Å²) < 4.78 is 33.2. The lowest BCUT2D eigenvalue weighted by molar-refractivity contribution is 0.394. The molecule has 1 aromatic heterocycles. The highest BCUT2D eigenvalue weighted by Gasteiger charge is 2.19. The molecule has 6 nitrogen and oxygen atoms in total. The van der Waals surface area contributed by atoms with Crippen LogP contribution in [-0.2, 0) is 16.4 Å². The van der Waals surface area contributed by atoms with Gasteiger partial charge < -0.3 is 4.52 Å². The van der Waals surface area contributed by atoms with Gasteiger partial charge in [0.2, 0.25) is 11.7 Å². The highest BCUT2D eigenvalue weighted by atomic mass is 32.2. The van der Waals surface area contributed by atoms with Crippen molar-refractivity contribution in [2.45, 2.75) is 32.1 Å². The Morgan fingerprint density at radius 3 is 2.40 bits per heavy atom. The molecule has 0 amide bonds. The number of nitrogens with one attached hydrogen (secondary N) is 1. The predicted molar refractivity (Wildman–Crippen MR) is 95.8 cm³/mol. The van der Waals surface area contributed by atoms with Crippen molar-refractivity contribution in [1.82, 2.24) is 10.1 Å². The minimum atomic E-state index is -3.72. The van der Waals surface area contributed by atoms with Crippen molar-refractivity contribution >= 4 is 15.7 Å². The second kappa shape index (κ2) is 6.68. The van der Waals surface area contributed by atoms with Crippen LogP contribution in [0.2, 0.25) is 0 Å². The van der Waals surface area contributed by atoms with Gasteiger partial charge in [0.1, 0.15) is 0 Å². The second-order valence-corrected chi connectivity index (χ2v) is 7.42. The molecule has 0 radical (unpaired) electrons. The van der Waals surface area contributed by atoms with Gasteiger partial charge in [-0.2, -0.15) is 4.98 Å². The van der Waals surface area contributed by atoms with Crippen LogP contribution in [-0.4, -0.2) is 18.6 Å². The smallest absolute Gasteiger partial charge is 0.262 e. The van der Waals surface area contributed by atoms with Gasteiger partial charge in [0.25, 0.3) is 10.0 Å². The molecule has 0 saturated heterocycles. The number of rotatable bonds is 5. The third-order valence-corrected chi connectivity index (χ3v) is 5.40. The van der Waals surface area contributed by atoms with Gasteiger partial charge in [-0.05, 0) is 42.7 Å². The summed E-state index contributed by atoms with van der Waals surface area (Å²) in [5.74, 6) is 0.787. The van der Waals surface area contributed by atoms with Gasteiger partial charge in [-0.3, -0.25) is 4.72 Å². The van der Waals surface area contributed by atoms with Crippen LogP contribution in [0.4, 0.5) is 5.69 Å². The Morgan fingerprint density at radius 1 is 1.08 bits per heavy atom. The van der Waals surface area contributed by atoms with Gasteiger partial charge in [0, 0.05) is 18.2 Å². The van der Waals surface area contributed by atoms with Crippen LogP contribution in [0.5, 0.6) is 0 Å². The minimum Gasteiger partial charge on any atom is -0.339 e. The molecule has 0 fully saturated rings. The minimum absolute atomic E-state index is 0.187. The molecule has 2 aromatic carbocycles. The van der Waals surface area contributed by atoms with Crippen LogP contribution in [0.1, 0.15) is 23.9 Å². The zero-order valence-electron chi connectivity index (χ0n) is 14.3. The SMILES string of the molecule is CCc1ccc(NS(=O)(=O)c2cc(-c3noc(C)n3)ccc2C)cc1. The average Bonchev–Trinajstić information content (AvgIpc) is 3.02. The Bertz CT molecular complexity index is 993. The van der Waals surface area contributed by atoms with E-state index in [-0.39, 0.29) is 4.90 Å². The van der Waals surface area contributed by atoms with Crippen LogP contribution in [0.25, 0.3) is 11.4 Å². The van der Waals surface area contributed by atoms with E-state index in [4.69, 9.17) is 4.52 Å². The van der Waals surface area contributed by atoms with Crippen molar-refractivity contribution in [2.75, 3.05) is 4.72 Å². The third-order valence-electron chi connectivity index (χ3n) is 3.88. The van der Waals surface area contributed by atoms with Gasteiger partial charge in [-0.1, -0.05) is 36.3 Å². The Balaban J connectivity index is 1.95. The molecule has 0 unspecified atom stereocenters. The summed E-state index contributed by atoms with van der Waals surface area (Å²) in [5.41, 5.74) is 2.90. The summed E-state index contributed by atoms with van der Waals surface area (Å²) in [6, 6.07) is 12.4. The molecule has 1 heterocycles. The summed E-state index contributed by atoms with van der Waals surface area (Å²) in [6.07, 6.45) is 0.901. The predicted octanol–water partition coefficient (Wildman–Crippen LogP) is 3.72. The Kier molecular flexibility index (Phi) is 4.59. The molecule has 25 heavy (non-hydrogen) atoms. The number of nitrogens with zero attached hydrogens (tertiary/aromatic N) is 2. The Morgan fingerprint density at radius 2 is 1.80 bits per heavy atom. The first kappa shape index (κ1) is 17.2. The Hall–Kier alpha value is -2.67. The highest BCUT2D eigenvalue weighted by molar-refractivity contribution is 7.92. The highest BCUT2D eigenvalue weighted by Crippen LogP contribution is 2.25. The number of hydrogen-bond acceptors (Lipinski definition) is 5. The number of anilines is 1. The summed E-state index contributed by atoms with van der Waals surface area (Å²) in [7, 11) is -3.72. The van der Waals surface area contributed by atoms with Crippen molar-refractivity contribution in [3.63, 3.8) is 0 Å². The Labute approximate surface area is 147 Å². The fourth-order valence-electron chi connectivity index (χ4n) is 2.46. The number of benzene rings is 2. The summed E-state index contributed by atoms with van der Waals surface area (Å²) in [5, 5.41) is 3.84. The maximum Gasteiger partial charge on any atom is 0.262 e. The number of aryl methyl sites for hydroxylation is 3. The lowest BCUT2D eigenvalue weighted by Crippen LogP contribution is -2.14. The van der Waals surface area contributed by atoms with Gasteiger partial charge in [0.05, 0.1) is 4.90 Å². The average molecular weight is 357 g/mol. The zero-order chi connectivity index (χ0) is 18.0. The second-order valence-electron chi connectivity index (χ2n) is 5.77. The standard InChI is InChI=1S/C18H19N3O3S/c1-4-14-6-9-16(10-7-14)21-25(22,23)17-11-15(8-5-12(17)2)18-19-13(3)24-20-18/h5-11,21H,4H2,1-3H3. The molecule has 3 aromatic rings. The fraction of sp³-hybridized carbons (Fsp3) is 0.222. The monoisotopic (exact) mass is 357 g/mol. The van der Waals surface area contributed by atoms with E-state index in [1.54, 1.807) is 44.2 Å². The molecular weight excluding hydrogens is 338 g/mol. The van der Waals surface area contributed by atoms with E-state index < -0.39 is 10.0 Å². The van der Waals surface area contributed by atoms with Crippen LogP contribution in [0.3, 0.4) is 0 Å². The van der Waals surface area contributed by atoms with Crippen LogP contribution < -0.4 is 4.72 Å². The molecule has 0 saturated carbocycles. The largest absolute Gasteiger partial charge is 0.339 e. The molecule has 0 spiro atoms. The first-order valence-electron chi connectivity index (χ1n) is 7.92. The summed E-state index contributed by atoms with van der Waals surface area (Å²) in [6.45, 7) is 5.48. The van der Waals surface area contributed by atoms with Gasteiger partial charge in [-0.15, -0.1) is 0 Å². The molecule has 0 atom stereocenters. The van der Waals surface area contributed by atoms with Crippen molar-refractivity contribution in [1.29, 1.82) is 0 Å². The molecule has 3 rings (SSSR count). The lowest BCUT2D eigenvalue weighted by atomic mass is 10.1. The van der Waals surface area contributed by atoms with Crippen molar-refractivity contribution in [2.24, 2.45) is 0 Å². The van der Waals surface area contributed by atoms with Crippen LogP contribution in [0.15, 0.2) is 51.9 Å². The summed E-state index contributed by atoms with van der Waals surface area (Å²) in [4.78, 5) is 4.33. The summed E-state index contributed by atoms with van der Waals surface area (Å²) >= 11 is 0. The normalized spacial score (nSPS) is 11.5. The van der Waals surface area contributed by atoms with Crippen LogP contribution >= 0.6 is 0 Å². The molecule has 0 aliphatic rings. The quantitative estimate of drug-likeness (QED) is 0.752. The van der Waals surface area contributed by atoms with E-state index in [2.05, 4.69) is 14.9 Å². The van der Waals surface area contributed by atoms with E-state index in [0.717, 1.165) is 12.0 Å². The number of sulfonamides is 1. The van der Waals surface area contributed by atoms with E-state index in [1.165, 1.54) is 0 Å².